The molecule has 1 atom stereocenters. The summed E-state index contributed by atoms with van der Waals surface area (Å²) in [5.41, 5.74) is 1.53. The van der Waals surface area contributed by atoms with Crippen molar-refractivity contribution in [3.8, 4) is 11.3 Å². The molecule has 0 amide bonds. The van der Waals surface area contributed by atoms with Crippen molar-refractivity contribution < 1.29 is 9.50 Å². The number of aryl methyl sites for hydroxylation is 1. The number of hydrogen-bond acceptors (Lipinski definition) is 2. The van der Waals surface area contributed by atoms with Gasteiger partial charge < -0.3 is 9.67 Å². The molecule has 1 heterocycles. The van der Waals surface area contributed by atoms with Crippen LogP contribution in [0, 0.1) is 12.7 Å². The Morgan fingerprint density at radius 3 is 2.53 bits per heavy atom. The minimum atomic E-state index is -0.855. The highest BCUT2D eigenvalue weighted by atomic mass is 19.1. The van der Waals surface area contributed by atoms with Crippen molar-refractivity contribution in [2.24, 2.45) is 0 Å². The minimum absolute atomic E-state index is 0.277. The molecule has 0 aliphatic carbocycles. The molecule has 1 radical (unpaired) electrons. The molecule has 17 heavy (non-hydrogen) atoms. The molecule has 0 fully saturated rings. The molecule has 1 aromatic carbocycles. The number of hydrogen-bond donors (Lipinski definition) is 1. The molecule has 2 aromatic rings. The van der Waals surface area contributed by atoms with Crippen LogP contribution in [0.3, 0.4) is 0 Å². The predicted molar refractivity (Wildman–Crippen MR) is 63.6 cm³/mol. The summed E-state index contributed by atoms with van der Waals surface area (Å²) in [7, 11) is 0. The van der Waals surface area contributed by atoms with E-state index in [1.54, 1.807) is 22.9 Å². The number of aromatic nitrogens is 2. The molecule has 1 aromatic heterocycles. The van der Waals surface area contributed by atoms with E-state index in [1.165, 1.54) is 12.1 Å². The van der Waals surface area contributed by atoms with Crippen LogP contribution in [0.1, 0.15) is 19.0 Å². The molecule has 89 valence electrons. The Morgan fingerprint density at radius 2 is 2.06 bits per heavy atom. The first-order chi connectivity index (χ1) is 8.11. The van der Waals surface area contributed by atoms with E-state index in [0.717, 1.165) is 11.4 Å². The molecule has 3 nitrogen and oxygen atoms in total. The highest BCUT2D eigenvalue weighted by molar-refractivity contribution is 5.58. The van der Waals surface area contributed by atoms with Crippen molar-refractivity contribution in [3.63, 3.8) is 0 Å². The van der Waals surface area contributed by atoms with Crippen molar-refractivity contribution >= 4 is 0 Å². The topological polar surface area (TPSA) is 38.0 Å². The predicted octanol–water partition coefficient (Wildman–Crippen LogP) is 2.58. The summed E-state index contributed by atoms with van der Waals surface area (Å²) in [5.74, 6) is 0.480. The molecule has 0 aliphatic rings. The summed E-state index contributed by atoms with van der Waals surface area (Å²) < 4.78 is 14.4. The molecule has 0 spiro atoms. The van der Waals surface area contributed by atoms with Crippen LogP contribution in [-0.4, -0.2) is 14.7 Å². The lowest BCUT2D eigenvalue weighted by Crippen LogP contribution is -2.06. The van der Waals surface area contributed by atoms with Gasteiger partial charge in [-0.2, -0.15) is 0 Å². The van der Waals surface area contributed by atoms with Gasteiger partial charge in [0.2, 0.25) is 0 Å². The van der Waals surface area contributed by atoms with Crippen molar-refractivity contribution in [2.75, 3.05) is 0 Å². The van der Waals surface area contributed by atoms with Crippen LogP contribution in [0.2, 0.25) is 0 Å². The third kappa shape index (κ3) is 2.36. The summed E-state index contributed by atoms with van der Waals surface area (Å²) in [4.78, 5) is 4.39. The van der Waals surface area contributed by atoms with E-state index >= 15 is 0 Å². The average molecular weight is 233 g/mol. The Balaban J connectivity index is 2.42. The molecule has 0 aliphatic heterocycles. The number of aliphatic hydroxyl groups excluding tert-OH is 1. The number of rotatable bonds is 3. The maximum absolute atomic E-state index is 12.8. The highest BCUT2D eigenvalue weighted by Crippen LogP contribution is 2.21. The van der Waals surface area contributed by atoms with Gasteiger partial charge in [0, 0.05) is 18.2 Å². The Morgan fingerprint density at radius 1 is 1.41 bits per heavy atom. The third-order valence-corrected chi connectivity index (χ3v) is 2.59. The number of nitrogens with zero attached hydrogens (tertiary/aromatic N) is 2. The molecule has 2 rings (SSSR count). The maximum atomic E-state index is 12.8. The first-order valence-corrected chi connectivity index (χ1v) is 5.46. The van der Waals surface area contributed by atoms with Crippen LogP contribution in [0.25, 0.3) is 11.3 Å². The van der Waals surface area contributed by atoms with E-state index in [9.17, 15) is 9.50 Å². The number of benzene rings is 1. The van der Waals surface area contributed by atoms with Gasteiger partial charge in [-0.3, -0.25) is 0 Å². The Labute approximate surface area is 99.5 Å². The Kier molecular flexibility index (Phi) is 3.24. The number of halogens is 1. The van der Waals surface area contributed by atoms with Gasteiger partial charge in [0.15, 0.2) is 0 Å². The van der Waals surface area contributed by atoms with E-state index in [1.807, 2.05) is 6.92 Å². The van der Waals surface area contributed by atoms with E-state index in [-0.39, 0.29) is 5.82 Å². The quantitative estimate of drug-likeness (QED) is 0.884. The van der Waals surface area contributed by atoms with Crippen LogP contribution >= 0.6 is 0 Å². The molecule has 0 bridgehead atoms. The van der Waals surface area contributed by atoms with Gasteiger partial charge in [-0.15, -0.1) is 0 Å². The van der Waals surface area contributed by atoms with Gasteiger partial charge in [-0.25, -0.2) is 9.37 Å². The first-order valence-electron chi connectivity index (χ1n) is 5.46. The monoisotopic (exact) mass is 233 g/mol. The fraction of sp³-hybridized carbons (Fsp3) is 0.231. The summed E-state index contributed by atoms with van der Waals surface area (Å²) in [6.45, 7) is 5.51. The van der Waals surface area contributed by atoms with Crippen molar-refractivity contribution in [1.82, 2.24) is 9.55 Å². The fourth-order valence-corrected chi connectivity index (χ4v) is 1.71. The molecular formula is C13H14FN2O. The van der Waals surface area contributed by atoms with Gasteiger partial charge in [-0.1, -0.05) is 6.92 Å². The average Bonchev–Trinajstić information content (AvgIpc) is 2.74. The van der Waals surface area contributed by atoms with Crippen LogP contribution in [-0.2, 0) is 6.42 Å². The lowest BCUT2D eigenvalue weighted by atomic mass is 10.2. The second kappa shape index (κ2) is 4.67. The Hall–Kier alpha value is -1.68. The van der Waals surface area contributed by atoms with E-state index in [0.29, 0.717) is 12.1 Å². The van der Waals surface area contributed by atoms with Gasteiger partial charge in [0.25, 0.3) is 0 Å². The van der Waals surface area contributed by atoms with Crippen LogP contribution < -0.4 is 0 Å². The van der Waals surface area contributed by atoms with Crippen molar-refractivity contribution in [3.05, 3.63) is 49.0 Å². The second-order valence-corrected chi connectivity index (χ2v) is 3.79. The third-order valence-electron chi connectivity index (χ3n) is 2.59. The van der Waals surface area contributed by atoms with Crippen molar-refractivity contribution in [2.45, 2.75) is 19.6 Å². The van der Waals surface area contributed by atoms with Crippen LogP contribution in [0.15, 0.2) is 30.5 Å². The standard InChI is InChI=1S/C13H14FN2O/c1-3-13-15-12(8-16(13)9(2)17)10-4-6-11(14)7-5-10/h4-9,17H,2-3H2,1H3. The SMILES string of the molecule is [CH2]C(O)n1cc(-c2ccc(F)cc2)nc1CC. The summed E-state index contributed by atoms with van der Waals surface area (Å²) >= 11 is 0. The van der Waals surface area contributed by atoms with E-state index in [2.05, 4.69) is 11.9 Å². The van der Waals surface area contributed by atoms with Crippen molar-refractivity contribution in [1.29, 1.82) is 0 Å². The summed E-state index contributed by atoms with van der Waals surface area (Å²) in [6.07, 6.45) is 1.57. The van der Waals surface area contributed by atoms with Gasteiger partial charge in [-0.05, 0) is 31.2 Å². The summed E-state index contributed by atoms with van der Waals surface area (Å²) in [6, 6.07) is 6.11. The van der Waals surface area contributed by atoms with Gasteiger partial charge >= 0.3 is 0 Å². The number of aliphatic hydroxyl groups is 1. The highest BCUT2D eigenvalue weighted by Gasteiger charge is 2.11. The smallest absolute Gasteiger partial charge is 0.132 e. The largest absolute Gasteiger partial charge is 0.373 e. The molecule has 4 heteroatoms. The first kappa shape index (κ1) is 11.8. The molecule has 0 saturated heterocycles. The number of imidazole rings is 1. The minimum Gasteiger partial charge on any atom is -0.373 e. The molecular weight excluding hydrogens is 219 g/mol. The zero-order valence-corrected chi connectivity index (χ0v) is 9.60. The van der Waals surface area contributed by atoms with Gasteiger partial charge in [0.05, 0.1) is 5.69 Å². The Bertz CT molecular complexity index is 503. The molecule has 1 unspecified atom stereocenters. The maximum Gasteiger partial charge on any atom is 0.132 e. The lowest BCUT2D eigenvalue weighted by molar-refractivity contribution is 0.148. The second-order valence-electron chi connectivity index (χ2n) is 3.79. The fourth-order valence-electron chi connectivity index (χ4n) is 1.71. The molecule has 0 saturated carbocycles. The lowest BCUT2D eigenvalue weighted by Gasteiger charge is -2.07. The van der Waals surface area contributed by atoms with Crippen LogP contribution in [0.4, 0.5) is 4.39 Å². The van der Waals surface area contributed by atoms with E-state index < -0.39 is 6.23 Å². The molecule has 1 N–H and O–H groups in total. The zero-order valence-electron chi connectivity index (χ0n) is 9.60. The zero-order chi connectivity index (χ0) is 12.4. The normalized spacial score (nSPS) is 12.7. The van der Waals surface area contributed by atoms with Gasteiger partial charge in [0.1, 0.15) is 17.9 Å². The van der Waals surface area contributed by atoms with Crippen LogP contribution in [0.5, 0.6) is 0 Å². The van der Waals surface area contributed by atoms with E-state index in [4.69, 9.17) is 0 Å². The summed E-state index contributed by atoms with van der Waals surface area (Å²) in [5, 5.41) is 9.49.